The van der Waals surface area contributed by atoms with E-state index in [0.29, 0.717) is 0 Å². The van der Waals surface area contributed by atoms with Crippen LogP contribution < -0.4 is 16.0 Å². The lowest BCUT2D eigenvalue weighted by Gasteiger charge is -2.23. The van der Waals surface area contributed by atoms with Gasteiger partial charge in [-0.2, -0.15) is 0 Å². The fourth-order valence-electron chi connectivity index (χ4n) is 2.29. The second kappa shape index (κ2) is 9.19. The van der Waals surface area contributed by atoms with Crippen molar-refractivity contribution in [3.63, 3.8) is 0 Å². The summed E-state index contributed by atoms with van der Waals surface area (Å²) in [6.45, 7) is 7.51. The van der Waals surface area contributed by atoms with Gasteiger partial charge in [0.25, 0.3) is 0 Å². The number of hydrogen-bond donors (Lipinski definition) is 2. The second-order valence-electron chi connectivity index (χ2n) is 4.84. The number of benzene rings is 1. The molecule has 114 valence electrons. The highest BCUT2D eigenvalue weighted by atomic mass is 35.5. The average Bonchev–Trinajstić information content (AvgIpc) is 2.47. The van der Waals surface area contributed by atoms with Gasteiger partial charge in [0.1, 0.15) is 5.75 Å². The zero-order valence-electron chi connectivity index (χ0n) is 12.7. The van der Waals surface area contributed by atoms with Gasteiger partial charge in [-0.05, 0) is 56.2 Å². The van der Waals surface area contributed by atoms with Crippen molar-refractivity contribution in [3.05, 3.63) is 28.8 Å². The fraction of sp³-hybridized carbons (Fsp3) is 0.600. The Labute approximate surface area is 127 Å². The third kappa shape index (κ3) is 5.29. The molecule has 0 saturated carbocycles. The summed E-state index contributed by atoms with van der Waals surface area (Å²) in [5, 5.41) is 0.723. The molecule has 1 aromatic rings. The highest BCUT2D eigenvalue weighted by Gasteiger charge is 2.13. The van der Waals surface area contributed by atoms with Gasteiger partial charge in [-0.15, -0.1) is 0 Å². The first-order valence-corrected chi connectivity index (χ1v) is 7.53. The summed E-state index contributed by atoms with van der Waals surface area (Å²) >= 11 is 6.06. The van der Waals surface area contributed by atoms with E-state index < -0.39 is 0 Å². The van der Waals surface area contributed by atoms with Crippen molar-refractivity contribution in [2.75, 3.05) is 26.7 Å². The number of methoxy groups -OCH3 is 1. The van der Waals surface area contributed by atoms with E-state index >= 15 is 0 Å². The maximum atomic E-state index is 6.06. The van der Waals surface area contributed by atoms with Gasteiger partial charge < -0.3 is 9.64 Å². The number of hydrogen-bond acceptors (Lipinski definition) is 4. The molecule has 1 rings (SSSR count). The molecule has 0 heterocycles. The maximum absolute atomic E-state index is 6.06. The maximum Gasteiger partial charge on any atom is 0.122 e. The molecule has 0 fully saturated rings. The van der Waals surface area contributed by atoms with Crippen LogP contribution in [0.1, 0.15) is 25.8 Å². The van der Waals surface area contributed by atoms with Crippen LogP contribution in [-0.4, -0.2) is 37.7 Å². The molecular formula is C15H26ClN3O. The molecule has 0 bridgehead atoms. The van der Waals surface area contributed by atoms with E-state index in [4.69, 9.17) is 22.2 Å². The lowest BCUT2D eigenvalue weighted by molar-refractivity contribution is 0.280. The fourth-order valence-corrected chi connectivity index (χ4v) is 2.49. The van der Waals surface area contributed by atoms with Crippen LogP contribution in [0.4, 0.5) is 0 Å². The molecule has 0 aromatic heterocycles. The number of nitrogens with one attached hydrogen (secondary N) is 1. The number of ether oxygens (including phenoxy) is 1. The van der Waals surface area contributed by atoms with Gasteiger partial charge in [0, 0.05) is 11.1 Å². The van der Waals surface area contributed by atoms with Crippen molar-refractivity contribution in [2.45, 2.75) is 32.7 Å². The molecule has 20 heavy (non-hydrogen) atoms. The Morgan fingerprint density at radius 3 is 2.60 bits per heavy atom. The quantitative estimate of drug-likeness (QED) is 0.543. The van der Waals surface area contributed by atoms with E-state index in [1.807, 2.05) is 18.2 Å². The van der Waals surface area contributed by atoms with E-state index in [2.05, 4.69) is 24.2 Å². The molecule has 0 saturated heterocycles. The van der Waals surface area contributed by atoms with E-state index in [1.54, 1.807) is 7.11 Å². The molecule has 0 radical (unpaired) electrons. The van der Waals surface area contributed by atoms with E-state index in [9.17, 15) is 0 Å². The van der Waals surface area contributed by atoms with Gasteiger partial charge in [-0.25, -0.2) is 0 Å². The normalized spacial score (nSPS) is 12.7. The topological polar surface area (TPSA) is 50.5 Å². The second-order valence-corrected chi connectivity index (χ2v) is 5.28. The lowest BCUT2D eigenvalue weighted by atomic mass is 10.0. The predicted molar refractivity (Wildman–Crippen MR) is 85.2 cm³/mol. The van der Waals surface area contributed by atoms with Crippen LogP contribution in [0.2, 0.25) is 5.02 Å². The van der Waals surface area contributed by atoms with Crippen molar-refractivity contribution in [1.82, 2.24) is 10.3 Å². The Kier molecular flexibility index (Phi) is 7.92. The molecule has 3 N–H and O–H groups in total. The first kappa shape index (κ1) is 17.2. The van der Waals surface area contributed by atoms with Crippen molar-refractivity contribution < 1.29 is 4.74 Å². The molecule has 1 unspecified atom stereocenters. The van der Waals surface area contributed by atoms with Crippen LogP contribution in [0.25, 0.3) is 0 Å². The van der Waals surface area contributed by atoms with Crippen LogP contribution in [-0.2, 0) is 6.42 Å². The van der Waals surface area contributed by atoms with Gasteiger partial charge in [-0.3, -0.25) is 11.3 Å². The van der Waals surface area contributed by atoms with Crippen LogP contribution in [0.3, 0.4) is 0 Å². The summed E-state index contributed by atoms with van der Waals surface area (Å²) in [6.07, 6.45) is 1.80. The molecule has 1 aromatic carbocycles. The highest BCUT2D eigenvalue weighted by Crippen LogP contribution is 2.24. The minimum atomic E-state index is 0.211. The molecule has 0 spiro atoms. The summed E-state index contributed by atoms with van der Waals surface area (Å²) in [5.74, 6) is 6.54. The zero-order chi connectivity index (χ0) is 15.0. The third-order valence-electron chi connectivity index (χ3n) is 3.63. The molecule has 0 aliphatic heterocycles. The van der Waals surface area contributed by atoms with E-state index in [1.165, 1.54) is 0 Å². The number of hydrazine groups is 1. The Morgan fingerprint density at radius 1 is 1.35 bits per heavy atom. The Hall–Kier alpha value is -0.810. The zero-order valence-corrected chi connectivity index (χ0v) is 13.4. The Balaban J connectivity index is 2.66. The summed E-state index contributed by atoms with van der Waals surface area (Å²) in [5.41, 5.74) is 3.99. The van der Waals surface area contributed by atoms with Crippen molar-refractivity contribution in [3.8, 4) is 5.75 Å². The minimum Gasteiger partial charge on any atom is -0.496 e. The van der Waals surface area contributed by atoms with Gasteiger partial charge in [-0.1, -0.05) is 25.4 Å². The van der Waals surface area contributed by atoms with Crippen molar-refractivity contribution in [1.29, 1.82) is 0 Å². The van der Waals surface area contributed by atoms with Crippen LogP contribution in [0.15, 0.2) is 18.2 Å². The summed E-state index contributed by atoms with van der Waals surface area (Å²) in [6, 6.07) is 5.89. The van der Waals surface area contributed by atoms with Crippen molar-refractivity contribution in [2.24, 2.45) is 5.84 Å². The Morgan fingerprint density at radius 2 is 2.05 bits per heavy atom. The standard InChI is InChI=1S/C15H26ClN3O/c1-4-19(5-2)9-8-14(18-17)11-12-10-13(16)6-7-15(12)20-3/h6-7,10,14,18H,4-5,8-9,11,17H2,1-3H3. The minimum absolute atomic E-state index is 0.211. The monoisotopic (exact) mass is 299 g/mol. The summed E-state index contributed by atoms with van der Waals surface area (Å²) < 4.78 is 5.38. The Bertz CT molecular complexity index is 397. The molecule has 5 heteroatoms. The predicted octanol–water partition coefficient (Wildman–Crippen LogP) is 2.45. The van der Waals surface area contributed by atoms with Crippen LogP contribution in [0.5, 0.6) is 5.75 Å². The SMILES string of the molecule is CCN(CC)CCC(Cc1cc(Cl)ccc1OC)NN. The number of halogens is 1. The number of rotatable bonds is 9. The van der Waals surface area contributed by atoms with Gasteiger partial charge in [0.05, 0.1) is 7.11 Å². The molecule has 0 aliphatic rings. The summed E-state index contributed by atoms with van der Waals surface area (Å²) in [7, 11) is 1.67. The van der Waals surface area contributed by atoms with E-state index in [-0.39, 0.29) is 6.04 Å². The molecule has 4 nitrogen and oxygen atoms in total. The van der Waals surface area contributed by atoms with Crippen LogP contribution in [0, 0.1) is 0 Å². The van der Waals surface area contributed by atoms with Gasteiger partial charge in [0.2, 0.25) is 0 Å². The first-order chi connectivity index (χ1) is 9.64. The first-order valence-electron chi connectivity index (χ1n) is 7.15. The summed E-state index contributed by atoms with van der Waals surface area (Å²) in [4.78, 5) is 2.39. The van der Waals surface area contributed by atoms with Crippen molar-refractivity contribution >= 4 is 11.6 Å². The highest BCUT2D eigenvalue weighted by molar-refractivity contribution is 6.30. The number of nitrogens with two attached hydrogens (primary N) is 1. The number of nitrogens with zero attached hydrogens (tertiary/aromatic N) is 1. The molecule has 1 atom stereocenters. The van der Waals surface area contributed by atoms with Gasteiger partial charge >= 0.3 is 0 Å². The van der Waals surface area contributed by atoms with E-state index in [0.717, 1.165) is 48.8 Å². The van der Waals surface area contributed by atoms with Gasteiger partial charge in [0.15, 0.2) is 0 Å². The van der Waals surface area contributed by atoms with Crippen LogP contribution >= 0.6 is 11.6 Å². The average molecular weight is 300 g/mol. The molecule has 0 aliphatic carbocycles. The smallest absolute Gasteiger partial charge is 0.122 e. The largest absolute Gasteiger partial charge is 0.496 e. The molecular weight excluding hydrogens is 274 g/mol. The third-order valence-corrected chi connectivity index (χ3v) is 3.87. The molecule has 0 amide bonds. The lowest BCUT2D eigenvalue weighted by Crippen LogP contribution is -2.39.